The van der Waals surface area contributed by atoms with Crippen molar-refractivity contribution < 1.29 is 14.7 Å². The minimum Gasteiger partial charge on any atom is -0.395 e. The van der Waals surface area contributed by atoms with Gasteiger partial charge in [0.1, 0.15) is 0 Å². The number of aliphatic hydroxyl groups excluding tert-OH is 1. The molecule has 0 aromatic heterocycles. The fourth-order valence-corrected chi connectivity index (χ4v) is 2.45. The summed E-state index contributed by atoms with van der Waals surface area (Å²) in [7, 11) is 1.59. The van der Waals surface area contributed by atoms with E-state index in [2.05, 4.69) is 15.9 Å². The van der Waals surface area contributed by atoms with Gasteiger partial charge in [-0.1, -0.05) is 46.3 Å². The number of aliphatic hydroxyl groups is 1. The molecule has 4 nitrogen and oxygen atoms in total. The molecular formula is C17H16BrNO3. The molecule has 0 saturated heterocycles. The van der Waals surface area contributed by atoms with E-state index in [1.165, 1.54) is 4.90 Å². The van der Waals surface area contributed by atoms with Crippen molar-refractivity contribution in [2.24, 2.45) is 0 Å². The number of likely N-dealkylation sites (N-methyl/N-ethyl adjacent to an activating group) is 1. The molecule has 0 bridgehead atoms. The Balaban J connectivity index is 2.44. The smallest absolute Gasteiger partial charge is 0.254 e. The number of carbonyl (C=O) groups is 2. The third-order valence-electron chi connectivity index (χ3n) is 3.27. The van der Waals surface area contributed by atoms with Gasteiger partial charge in [-0.05, 0) is 18.2 Å². The van der Waals surface area contributed by atoms with Crippen molar-refractivity contribution in [1.29, 1.82) is 0 Å². The molecule has 1 amide bonds. The Kier molecular flexibility index (Phi) is 5.46. The van der Waals surface area contributed by atoms with Crippen LogP contribution in [0.2, 0.25) is 0 Å². The lowest BCUT2D eigenvalue weighted by molar-refractivity contribution is 0.0762. The fourth-order valence-electron chi connectivity index (χ4n) is 2.09. The summed E-state index contributed by atoms with van der Waals surface area (Å²) in [4.78, 5) is 26.5. The monoisotopic (exact) mass is 361 g/mol. The zero-order valence-corrected chi connectivity index (χ0v) is 13.7. The summed E-state index contributed by atoms with van der Waals surface area (Å²) >= 11 is 3.33. The molecule has 5 heteroatoms. The van der Waals surface area contributed by atoms with E-state index in [4.69, 9.17) is 5.11 Å². The van der Waals surface area contributed by atoms with Crippen LogP contribution in [0.3, 0.4) is 0 Å². The zero-order valence-electron chi connectivity index (χ0n) is 12.1. The van der Waals surface area contributed by atoms with Crippen molar-refractivity contribution in [3.8, 4) is 0 Å². The van der Waals surface area contributed by atoms with Gasteiger partial charge >= 0.3 is 0 Å². The Morgan fingerprint density at radius 3 is 2.41 bits per heavy atom. The summed E-state index contributed by atoms with van der Waals surface area (Å²) in [5, 5.41) is 8.97. The van der Waals surface area contributed by atoms with Gasteiger partial charge < -0.3 is 10.0 Å². The Hall–Kier alpha value is -1.98. The van der Waals surface area contributed by atoms with E-state index in [9.17, 15) is 9.59 Å². The largest absolute Gasteiger partial charge is 0.395 e. The van der Waals surface area contributed by atoms with Gasteiger partial charge in [0.2, 0.25) is 0 Å². The number of carbonyl (C=O) groups excluding carboxylic acids is 2. The highest BCUT2D eigenvalue weighted by atomic mass is 79.9. The number of hydrogen-bond donors (Lipinski definition) is 1. The van der Waals surface area contributed by atoms with E-state index in [0.717, 1.165) is 4.47 Å². The van der Waals surface area contributed by atoms with Crippen LogP contribution in [-0.4, -0.2) is 41.9 Å². The van der Waals surface area contributed by atoms with E-state index >= 15 is 0 Å². The first-order valence-corrected chi connectivity index (χ1v) is 7.59. The average Bonchev–Trinajstić information content (AvgIpc) is 2.54. The third-order valence-corrected chi connectivity index (χ3v) is 3.77. The van der Waals surface area contributed by atoms with Crippen LogP contribution in [0, 0.1) is 0 Å². The molecule has 0 aliphatic heterocycles. The van der Waals surface area contributed by atoms with Crippen molar-refractivity contribution in [1.82, 2.24) is 4.90 Å². The Morgan fingerprint density at radius 1 is 1.09 bits per heavy atom. The molecule has 114 valence electrons. The van der Waals surface area contributed by atoms with Gasteiger partial charge in [-0.3, -0.25) is 9.59 Å². The predicted octanol–water partition coefficient (Wildman–Crippen LogP) is 2.74. The first-order chi connectivity index (χ1) is 10.5. The minimum atomic E-state index is -0.297. The van der Waals surface area contributed by atoms with Crippen LogP contribution in [0.15, 0.2) is 53.0 Å². The molecule has 0 aliphatic carbocycles. The topological polar surface area (TPSA) is 57.6 Å². The molecule has 0 heterocycles. The van der Waals surface area contributed by atoms with Crippen LogP contribution >= 0.6 is 15.9 Å². The van der Waals surface area contributed by atoms with Crippen molar-refractivity contribution in [2.75, 3.05) is 20.2 Å². The number of ketones is 1. The molecule has 0 radical (unpaired) electrons. The molecule has 0 atom stereocenters. The second-order valence-electron chi connectivity index (χ2n) is 4.84. The van der Waals surface area contributed by atoms with Gasteiger partial charge in [0, 0.05) is 29.2 Å². The summed E-state index contributed by atoms with van der Waals surface area (Å²) in [5.41, 5.74) is 1.20. The van der Waals surface area contributed by atoms with Crippen LogP contribution in [0.4, 0.5) is 0 Å². The van der Waals surface area contributed by atoms with Crippen molar-refractivity contribution in [2.45, 2.75) is 0 Å². The number of benzene rings is 2. The van der Waals surface area contributed by atoms with Gasteiger partial charge in [0.15, 0.2) is 5.78 Å². The van der Waals surface area contributed by atoms with E-state index in [1.807, 2.05) is 6.07 Å². The predicted molar refractivity (Wildman–Crippen MR) is 88.1 cm³/mol. The standard InChI is InChI=1S/C17H16BrNO3/c1-19(9-10-20)17(22)15-11-13(18)7-8-14(15)16(21)12-5-3-2-4-6-12/h2-8,11,20H,9-10H2,1H3. The van der Waals surface area contributed by atoms with Gasteiger partial charge in [-0.15, -0.1) is 0 Å². The second kappa shape index (κ2) is 7.33. The van der Waals surface area contributed by atoms with Crippen molar-refractivity contribution >= 4 is 27.6 Å². The highest BCUT2D eigenvalue weighted by molar-refractivity contribution is 9.10. The summed E-state index contributed by atoms with van der Waals surface area (Å²) in [6.45, 7) is 0.0858. The third kappa shape index (κ3) is 3.61. The zero-order chi connectivity index (χ0) is 16.1. The first-order valence-electron chi connectivity index (χ1n) is 6.80. The lowest BCUT2D eigenvalue weighted by Crippen LogP contribution is -2.30. The molecule has 2 rings (SSSR count). The van der Waals surface area contributed by atoms with E-state index in [-0.39, 0.29) is 24.8 Å². The van der Waals surface area contributed by atoms with Crippen LogP contribution in [-0.2, 0) is 0 Å². The SMILES string of the molecule is CN(CCO)C(=O)c1cc(Br)ccc1C(=O)c1ccccc1. The quantitative estimate of drug-likeness (QED) is 0.833. The molecule has 0 spiro atoms. The molecule has 1 N–H and O–H groups in total. The molecule has 22 heavy (non-hydrogen) atoms. The number of nitrogens with zero attached hydrogens (tertiary/aromatic N) is 1. The molecule has 0 unspecified atom stereocenters. The summed E-state index contributed by atoms with van der Waals surface area (Å²) in [6.07, 6.45) is 0. The highest BCUT2D eigenvalue weighted by Gasteiger charge is 2.21. The molecule has 2 aromatic rings. The van der Waals surface area contributed by atoms with E-state index < -0.39 is 0 Å². The van der Waals surface area contributed by atoms with Crippen molar-refractivity contribution in [3.05, 3.63) is 69.7 Å². The number of hydrogen-bond acceptors (Lipinski definition) is 3. The first kappa shape index (κ1) is 16.4. The highest BCUT2D eigenvalue weighted by Crippen LogP contribution is 2.21. The van der Waals surface area contributed by atoms with Gasteiger partial charge in [-0.2, -0.15) is 0 Å². The van der Waals surface area contributed by atoms with Gasteiger partial charge in [0.25, 0.3) is 5.91 Å². The molecule has 0 fully saturated rings. The molecule has 0 aliphatic rings. The van der Waals surface area contributed by atoms with Crippen molar-refractivity contribution in [3.63, 3.8) is 0 Å². The number of halogens is 1. The normalized spacial score (nSPS) is 10.3. The molecule has 0 saturated carbocycles. The maximum absolute atomic E-state index is 12.6. The summed E-state index contributed by atoms with van der Waals surface area (Å²) < 4.78 is 0.720. The fraction of sp³-hybridized carbons (Fsp3) is 0.176. The van der Waals surface area contributed by atoms with Crippen LogP contribution < -0.4 is 0 Å². The van der Waals surface area contributed by atoms with E-state index in [1.54, 1.807) is 49.5 Å². The maximum Gasteiger partial charge on any atom is 0.254 e. The van der Waals surface area contributed by atoms with Crippen LogP contribution in [0.1, 0.15) is 26.3 Å². The van der Waals surface area contributed by atoms with Crippen LogP contribution in [0.25, 0.3) is 0 Å². The minimum absolute atomic E-state index is 0.127. The number of rotatable bonds is 5. The summed E-state index contributed by atoms with van der Waals surface area (Å²) in [6, 6.07) is 13.8. The van der Waals surface area contributed by atoms with Gasteiger partial charge in [0.05, 0.1) is 12.2 Å². The summed E-state index contributed by atoms with van der Waals surface area (Å²) in [5.74, 6) is -0.497. The average molecular weight is 362 g/mol. The second-order valence-corrected chi connectivity index (χ2v) is 5.75. The molecule has 2 aromatic carbocycles. The van der Waals surface area contributed by atoms with Gasteiger partial charge in [-0.25, -0.2) is 0 Å². The Morgan fingerprint density at radius 2 is 1.77 bits per heavy atom. The lowest BCUT2D eigenvalue weighted by atomic mass is 9.97. The number of amides is 1. The Labute approximate surface area is 137 Å². The molecular weight excluding hydrogens is 346 g/mol. The maximum atomic E-state index is 12.6. The van der Waals surface area contributed by atoms with Crippen LogP contribution in [0.5, 0.6) is 0 Å². The lowest BCUT2D eigenvalue weighted by Gasteiger charge is -2.18. The Bertz CT molecular complexity index is 686. The van der Waals surface area contributed by atoms with E-state index in [0.29, 0.717) is 16.7 Å².